The van der Waals surface area contributed by atoms with Gasteiger partial charge in [0.1, 0.15) is 11.2 Å². The quantitative estimate of drug-likeness (QED) is 0.822. The summed E-state index contributed by atoms with van der Waals surface area (Å²) in [6, 6.07) is 9.06. The zero-order valence-corrected chi connectivity index (χ0v) is 13.6. The van der Waals surface area contributed by atoms with Crippen LogP contribution < -0.4 is 0 Å². The number of hydrogen-bond donors (Lipinski definition) is 1. The molecule has 1 N–H and O–H groups in total. The number of nitrogens with zero attached hydrogens (tertiary/aromatic N) is 1. The van der Waals surface area contributed by atoms with Crippen LogP contribution in [0.5, 0.6) is 0 Å². The van der Waals surface area contributed by atoms with Gasteiger partial charge in [-0.2, -0.15) is 0 Å². The number of hydrogen-bond acceptors (Lipinski definition) is 5. The molecule has 3 fully saturated rings. The number of carbonyl (C=O) groups is 3. The van der Waals surface area contributed by atoms with E-state index < -0.39 is 34.3 Å². The number of carbonyl (C=O) groups excluding carboxylic acids is 3. The minimum absolute atomic E-state index is 0.0251. The first kappa shape index (κ1) is 15.3. The molecular weight excluding hydrogens is 310 g/mol. The third kappa shape index (κ3) is 1.25. The van der Waals surface area contributed by atoms with E-state index >= 15 is 0 Å². The van der Waals surface area contributed by atoms with Crippen LogP contribution in [0.1, 0.15) is 25.3 Å². The number of aliphatic hydroxyl groups is 1. The van der Waals surface area contributed by atoms with Gasteiger partial charge in [0.2, 0.25) is 0 Å². The van der Waals surface area contributed by atoms with E-state index in [0.717, 1.165) is 0 Å². The fourth-order valence-electron chi connectivity index (χ4n) is 5.45. The molecule has 3 aliphatic rings. The average Bonchev–Trinajstić information content (AvgIpc) is 3.03. The van der Waals surface area contributed by atoms with E-state index in [1.165, 1.54) is 4.90 Å². The van der Waals surface area contributed by atoms with Crippen molar-refractivity contribution >= 4 is 17.7 Å². The van der Waals surface area contributed by atoms with Crippen molar-refractivity contribution in [1.29, 1.82) is 0 Å². The SMILES string of the molecule is CCOC(=O)[C@]12CC(=O)[C@@H]3C[C@@]1(O)C(=O)N(C)[C@@]32c1ccccc1. The minimum Gasteiger partial charge on any atom is -0.465 e. The number of ether oxygens (including phenoxy) is 1. The van der Waals surface area contributed by atoms with Crippen LogP contribution in [0.15, 0.2) is 30.3 Å². The zero-order valence-electron chi connectivity index (χ0n) is 13.6. The first-order valence-electron chi connectivity index (χ1n) is 8.14. The third-order valence-electron chi connectivity index (χ3n) is 6.21. The van der Waals surface area contributed by atoms with Gasteiger partial charge in [-0.15, -0.1) is 0 Å². The Morgan fingerprint density at radius 1 is 1.33 bits per heavy atom. The second kappa shape index (κ2) is 4.45. The van der Waals surface area contributed by atoms with Crippen molar-refractivity contribution in [3.63, 3.8) is 0 Å². The highest BCUT2D eigenvalue weighted by atomic mass is 16.5. The van der Waals surface area contributed by atoms with Gasteiger partial charge in [-0.25, -0.2) is 0 Å². The van der Waals surface area contributed by atoms with Gasteiger partial charge in [0.05, 0.1) is 12.1 Å². The largest absolute Gasteiger partial charge is 0.465 e. The second-order valence-electron chi connectivity index (χ2n) is 6.88. The summed E-state index contributed by atoms with van der Waals surface area (Å²) in [6.07, 6.45) is -0.194. The maximum atomic E-state index is 13.0. The summed E-state index contributed by atoms with van der Waals surface area (Å²) in [4.78, 5) is 39.9. The fraction of sp³-hybridized carbons (Fsp3) is 0.500. The predicted octanol–water partition coefficient (Wildman–Crippen LogP) is 0.627. The molecule has 2 saturated carbocycles. The normalized spacial score (nSPS) is 39.6. The Morgan fingerprint density at radius 3 is 2.62 bits per heavy atom. The summed E-state index contributed by atoms with van der Waals surface area (Å²) in [7, 11) is 1.56. The number of Topliss-reactive ketones (excluding diaryl/α,β-unsaturated/α-hetero) is 1. The van der Waals surface area contributed by atoms with Crippen LogP contribution in [0.2, 0.25) is 0 Å². The molecule has 1 amide bonds. The molecular formula is C18H19NO5. The molecule has 0 aromatic heterocycles. The van der Waals surface area contributed by atoms with E-state index in [4.69, 9.17) is 4.74 Å². The molecule has 1 aliphatic heterocycles. The third-order valence-corrected chi connectivity index (χ3v) is 6.21. The lowest BCUT2D eigenvalue weighted by Crippen LogP contribution is -2.55. The Bertz CT molecular complexity index is 762. The molecule has 1 aromatic rings. The zero-order chi connectivity index (χ0) is 17.3. The number of esters is 1. The molecule has 24 heavy (non-hydrogen) atoms. The molecule has 4 bridgehead atoms. The Labute approximate surface area is 139 Å². The van der Waals surface area contributed by atoms with E-state index in [1.807, 2.05) is 6.07 Å². The first-order valence-corrected chi connectivity index (χ1v) is 8.14. The van der Waals surface area contributed by atoms with Gasteiger partial charge in [-0.05, 0) is 18.9 Å². The van der Waals surface area contributed by atoms with Crippen LogP contribution in [0.3, 0.4) is 0 Å². The lowest BCUT2D eigenvalue weighted by molar-refractivity contribution is -0.176. The van der Waals surface area contributed by atoms with Gasteiger partial charge in [-0.3, -0.25) is 14.4 Å². The predicted molar refractivity (Wildman–Crippen MR) is 82.6 cm³/mol. The topological polar surface area (TPSA) is 83.9 Å². The summed E-state index contributed by atoms with van der Waals surface area (Å²) < 4.78 is 5.25. The molecule has 6 heteroatoms. The summed E-state index contributed by atoms with van der Waals surface area (Å²) in [6.45, 7) is 1.79. The first-order chi connectivity index (χ1) is 11.4. The number of amides is 1. The van der Waals surface area contributed by atoms with E-state index in [9.17, 15) is 19.5 Å². The molecule has 0 spiro atoms. The molecule has 1 heterocycles. The van der Waals surface area contributed by atoms with Crippen molar-refractivity contribution < 1.29 is 24.2 Å². The number of ketones is 1. The van der Waals surface area contributed by atoms with Gasteiger partial charge in [-0.1, -0.05) is 30.3 Å². The minimum atomic E-state index is -1.89. The van der Waals surface area contributed by atoms with Crippen LogP contribution in [0, 0.1) is 11.3 Å². The molecule has 0 unspecified atom stereocenters. The molecule has 0 radical (unpaired) electrons. The van der Waals surface area contributed by atoms with Crippen LogP contribution in [-0.2, 0) is 24.7 Å². The van der Waals surface area contributed by atoms with E-state index in [2.05, 4.69) is 0 Å². The average molecular weight is 329 g/mol. The van der Waals surface area contributed by atoms with Gasteiger partial charge in [0, 0.05) is 19.4 Å². The molecule has 1 aromatic carbocycles. The van der Waals surface area contributed by atoms with Crippen molar-refractivity contribution in [3.05, 3.63) is 35.9 Å². The Kier molecular flexibility index (Phi) is 2.84. The highest BCUT2D eigenvalue weighted by Crippen LogP contribution is 2.74. The van der Waals surface area contributed by atoms with Crippen LogP contribution in [0.25, 0.3) is 0 Å². The van der Waals surface area contributed by atoms with Gasteiger partial charge in [0.15, 0.2) is 5.60 Å². The van der Waals surface area contributed by atoms with Gasteiger partial charge >= 0.3 is 5.97 Å². The highest BCUT2D eigenvalue weighted by molar-refractivity contribution is 6.09. The molecule has 4 atom stereocenters. The number of likely N-dealkylation sites (tertiary alicyclic amines) is 1. The Hall–Kier alpha value is -2.21. The summed E-state index contributed by atoms with van der Waals surface area (Å²) in [5, 5.41) is 11.2. The summed E-state index contributed by atoms with van der Waals surface area (Å²) in [5.41, 5.74) is -3.95. The smallest absolute Gasteiger partial charge is 0.318 e. The van der Waals surface area contributed by atoms with Crippen LogP contribution >= 0.6 is 0 Å². The maximum Gasteiger partial charge on any atom is 0.318 e. The van der Waals surface area contributed by atoms with Crippen molar-refractivity contribution in [2.45, 2.75) is 30.9 Å². The van der Waals surface area contributed by atoms with Crippen molar-refractivity contribution in [2.24, 2.45) is 11.3 Å². The monoisotopic (exact) mass is 329 g/mol. The van der Waals surface area contributed by atoms with Gasteiger partial charge in [0.25, 0.3) is 5.91 Å². The van der Waals surface area contributed by atoms with Crippen LogP contribution in [-0.4, -0.2) is 46.9 Å². The van der Waals surface area contributed by atoms with Gasteiger partial charge < -0.3 is 14.7 Å². The number of rotatable bonds is 3. The second-order valence-corrected chi connectivity index (χ2v) is 6.88. The Morgan fingerprint density at radius 2 is 2.00 bits per heavy atom. The van der Waals surface area contributed by atoms with E-state index in [0.29, 0.717) is 5.56 Å². The molecule has 2 aliphatic carbocycles. The summed E-state index contributed by atoms with van der Waals surface area (Å²) >= 11 is 0. The van der Waals surface area contributed by atoms with Crippen molar-refractivity contribution in [1.82, 2.24) is 4.90 Å². The number of piperidine rings is 1. The molecule has 126 valence electrons. The molecule has 6 nitrogen and oxygen atoms in total. The molecule has 4 rings (SSSR count). The standard InChI is InChI=1S/C18H19NO5/c1-3-24-15(22)16-10-13(20)12-9-17(16,23)14(21)19(2)18(12,16)11-7-5-4-6-8-11/h4-8,12,23H,3,9-10H2,1-2H3/t12-,16+,17+,18-/m0/s1. The lowest BCUT2D eigenvalue weighted by atomic mass is 9.66. The maximum absolute atomic E-state index is 13.0. The summed E-state index contributed by atoms with van der Waals surface area (Å²) in [5.74, 6) is -1.88. The molecule has 1 saturated heterocycles. The van der Waals surface area contributed by atoms with Crippen LogP contribution in [0.4, 0.5) is 0 Å². The fourth-order valence-corrected chi connectivity index (χ4v) is 5.45. The van der Waals surface area contributed by atoms with Crippen molar-refractivity contribution in [2.75, 3.05) is 13.7 Å². The van der Waals surface area contributed by atoms with Crippen molar-refractivity contribution in [3.8, 4) is 0 Å². The number of benzene rings is 1. The number of likely N-dealkylation sites (N-methyl/N-ethyl adjacent to an activating group) is 1. The van der Waals surface area contributed by atoms with E-state index in [-0.39, 0.29) is 25.2 Å². The lowest BCUT2D eigenvalue weighted by Gasteiger charge is -2.42. The highest BCUT2D eigenvalue weighted by Gasteiger charge is 2.90. The Balaban J connectivity index is 2.06. The van der Waals surface area contributed by atoms with E-state index in [1.54, 1.807) is 38.2 Å².